The molecule has 5 nitrogen and oxygen atoms in total. The van der Waals surface area contributed by atoms with E-state index in [0.717, 1.165) is 26.2 Å². The summed E-state index contributed by atoms with van der Waals surface area (Å²) in [5.74, 6) is -0.464. The van der Waals surface area contributed by atoms with Crippen LogP contribution >= 0.6 is 0 Å². The molecule has 1 aromatic carbocycles. The molecule has 2 atom stereocenters. The molecule has 2 fully saturated rings. The molecule has 2 heterocycles. The highest BCUT2D eigenvalue weighted by molar-refractivity contribution is 5.95. The van der Waals surface area contributed by atoms with Crippen molar-refractivity contribution in [2.45, 2.75) is 19.1 Å². The van der Waals surface area contributed by atoms with Gasteiger partial charge in [0.25, 0.3) is 5.91 Å². The zero-order valence-electron chi connectivity index (χ0n) is 13.7. The fraction of sp³-hybridized carbons (Fsp3) is 0.588. The van der Waals surface area contributed by atoms with E-state index in [4.69, 9.17) is 0 Å². The third-order valence-corrected chi connectivity index (χ3v) is 4.97. The van der Waals surface area contributed by atoms with Crippen LogP contribution in [-0.4, -0.2) is 84.2 Å². The lowest BCUT2D eigenvalue weighted by molar-refractivity contribution is 0.0512. The summed E-state index contributed by atoms with van der Waals surface area (Å²) in [5.41, 5.74) is 1.14. The molecule has 1 N–H and O–H groups in total. The Bertz CT molecular complexity index is 587. The second-order valence-electron chi connectivity index (χ2n) is 6.64. The molecule has 23 heavy (non-hydrogen) atoms. The molecule has 0 aromatic heterocycles. The number of likely N-dealkylation sites (N-methyl/N-ethyl adjacent to an activating group) is 1. The van der Waals surface area contributed by atoms with Crippen molar-refractivity contribution in [3.05, 3.63) is 35.1 Å². The Kier molecular flexibility index (Phi) is 4.66. The van der Waals surface area contributed by atoms with Crippen molar-refractivity contribution in [3.8, 4) is 0 Å². The molecule has 2 aliphatic rings. The Hall–Kier alpha value is -1.50. The summed E-state index contributed by atoms with van der Waals surface area (Å²) in [7, 11) is 2.09. The van der Waals surface area contributed by atoms with Crippen LogP contribution in [0.15, 0.2) is 18.2 Å². The van der Waals surface area contributed by atoms with Crippen LogP contribution in [0.1, 0.15) is 15.9 Å². The van der Waals surface area contributed by atoms with Crippen LogP contribution < -0.4 is 0 Å². The van der Waals surface area contributed by atoms with Crippen molar-refractivity contribution < 1.29 is 14.3 Å². The zero-order chi connectivity index (χ0) is 16.6. The number of hydrogen-bond donors (Lipinski definition) is 1. The van der Waals surface area contributed by atoms with Gasteiger partial charge in [0.15, 0.2) is 0 Å². The molecule has 2 saturated heterocycles. The predicted molar refractivity (Wildman–Crippen MR) is 85.9 cm³/mol. The van der Waals surface area contributed by atoms with E-state index in [1.165, 1.54) is 18.2 Å². The summed E-state index contributed by atoms with van der Waals surface area (Å²) in [6.45, 7) is 6.39. The minimum atomic E-state index is -0.525. The van der Waals surface area contributed by atoms with E-state index in [0.29, 0.717) is 24.2 Å². The van der Waals surface area contributed by atoms with Crippen LogP contribution in [0.4, 0.5) is 4.39 Å². The van der Waals surface area contributed by atoms with E-state index in [-0.39, 0.29) is 17.8 Å². The van der Waals surface area contributed by atoms with Crippen molar-refractivity contribution in [2.75, 3.05) is 46.3 Å². The highest BCUT2D eigenvalue weighted by atomic mass is 19.1. The Labute approximate surface area is 136 Å². The number of likely N-dealkylation sites (tertiary alicyclic amines) is 1. The van der Waals surface area contributed by atoms with E-state index in [9.17, 15) is 14.3 Å². The average Bonchev–Trinajstić information content (AvgIpc) is 2.89. The molecule has 0 spiro atoms. The summed E-state index contributed by atoms with van der Waals surface area (Å²) in [6, 6.07) is 4.21. The maximum Gasteiger partial charge on any atom is 0.254 e. The fourth-order valence-electron chi connectivity index (χ4n) is 3.49. The largest absolute Gasteiger partial charge is 0.390 e. The zero-order valence-corrected chi connectivity index (χ0v) is 13.7. The predicted octanol–water partition coefficient (Wildman–Crippen LogP) is 0.567. The average molecular weight is 321 g/mol. The lowest BCUT2D eigenvalue weighted by Gasteiger charge is -2.37. The number of β-amino-alcohol motifs (C(OH)–C–C–N with tert-alkyl or cyclic N) is 1. The van der Waals surface area contributed by atoms with Gasteiger partial charge in [0, 0.05) is 44.8 Å². The van der Waals surface area contributed by atoms with Gasteiger partial charge in [0.2, 0.25) is 0 Å². The number of carbonyl (C=O) groups is 1. The standard InChI is InChI=1S/C17H24FN3O2/c1-12-9-13(18)3-4-14(12)17(23)21-10-15(16(22)11-21)20-7-5-19(2)6-8-20/h3-4,9,15-16,22H,5-8,10-11H2,1-2H3/t15-,16-/m0/s1. The van der Waals surface area contributed by atoms with Crippen LogP contribution in [0.3, 0.4) is 0 Å². The number of hydrogen-bond acceptors (Lipinski definition) is 4. The fourth-order valence-corrected chi connectivity index (χ4v) is 3.49. The number of aryl methyl sites for hydroxylation is 1. The number of aliphatic hydroxyl groups excluding tert-OH is 1. The molecule has 1 amide bonds. The van der Waals surface area contributed by atoms with Gasteiger partial charge in [-0.3, -0.25) is 9.69 Å². The van der Waals surface area contributed by atoms with Crippen LogP contribution in [0.5, 0.6) is 0 Å². The summed E-state index contributed by atoms with van der Waals surface area (Å²) in [6.07, 6.45) is -0.525. The lowest BCUT2D eigenvalue weighted by atomic mass is 10.1. The molecule has 2 aliphatic heterocycles. The number of amides is 1. The van der Waals surface area contributed by atoms with Gasteiger partial charge >= 0.3 is 0 Å². The number of nitrogens with zero attached hydrogens (tertiary/aromatic N) is 3. The second kappa shape index (κ2) is 6.55. The lowest BCUT2D eigenvalue weighted by Crippen LogP contribution is -2.52. The van der Waals surface area contributed by atoms with Crippen LogP contribution in [-0.2, 0) is 0 Å². The number of piperazine rings is 1. The molecule has 0 radical (unpaired) electrons. The first-order valence-corrected chi connectivity index (χ1v) is 8.12. The van der Waals surface area contributed by atoms with E-state index < -0.39 is 6.10 Å². The van der Waals surface area contributed by atoms with Crippen LogP contribution in [0.25, 0.3) is 0 Å². The van der Waals surface area contributed by atoms with Gasteiger partial charge in [0.1, 0.15) is 5.82 Å². The first-order chi connectivity index (χ1) is 11.0. The van der Waals surface area contributed by atoms with E-state index in [1.807, 2.05) is 0 Å². The van der Waals surface area contributed by atoms with Gasteiger partial charge in [-0.25, -0.2) is 4.39 Å². The second-order valence-corrected chi connectivity index (χ2v) is 6.64. The van der Waals surface area contributed by atoms with E-state index >= 15 is 0 Å². The van der Waals surface area contributed by atoms with Gasteiger partial charge in [-0.1, -0.05) is 0 Å². The summed E-state index contributed by atoms with van der Waals surface area (Å²) in [5, 5.41) is 10.4. The summed E-state index contributed by atoms with van der Waals surface area (Å²) < 4.78 is 13.2. The number of aliphatic hydroxyl groups is 1. The molecular weight excluding hydrogens is 297 g/mol. The van der Waals surface area contributed by atoms with Crippen molar-refractivity contribution in [1.82, 2.24) is 14.7 Å². The highest BCUT2D eigenvalue weighted by Crippen LogP contribution is 2.21. The molecule has 0 bridgehead atoms. The number of halogens is 1. The molecule has 0 unspecified atom stereocenters. The van der Waals surface area contributed by atoms with Gasteiger partial charge in [0.05, 0.1) is 12.1 Å². The molecule has 1 aromatic rings. The number of benzene rings is 1. The minimum absolute atomic E-state index is 0.00611. The van der Waals surface area contributed by atoms with Crippen molar-refractivity contribution >= 4 is 5.91 Å². The van der Waals surface area contributed by atoms with Gasteiger partial charge in [-0.2, -0.15) is 0 Å². The van der Waals surface area contributed by atoms with E-state index in [2.05, 4.69) is 16.8 Å². The SMILES string of the molecule is Cc1cc(F)ccc1C(=O)N1C[C@H](O)[C@@H](N2CCN(C)CC2)C1. The minimum Gasteiger partial charge on any atom is -0.390 e. The summed E-state index contributed by atoms with van der Waals surface area (Å²) in [4.78, 5) is 18.9. The maximum absolute atomic E-state index is 13.2. The Balaban J connectivity index is 1.69. The quantitative estimate of drug-likeness (QED) is 0.865. The van der Waals surface area contributed by atoms with Crippen molar-refractivity contribution in [1.29, 1.82) is 0 Å². The first-order valence-electron chi connectivity index (χ1n) is 8.12. The first kappa shape index (κ1) is 16.4. The van der Waals surface area contributed by atoms with Gasteiger partial charge < -0.3 is 14.9 Å². The molecular formula is C17H24FN3O2. The Morgan fingerprint density at radius 1 is 1.22 bits per heavy atom. The van der Waals surface area contributed by atoms with Crippen LogP contribution in [0.2, 0.25) is 0 Å². The van der Waals surface area contributed by atoms with Crippen molar-refractivity contribution in [3.63, 3.8) is 0 Å². The van der Waals surface area contributed by atoms with E-state index in [1.54, 1.807) is 11.8 Å². The molecule has 3 rings (SSSR count). The smallest absolute Gasteiger partial charge is 0.254 e. The van der Waals surface area contributed by atoms with Gasteiger partial charge in [-0.05, 0) is 37.7 Å². The number of rotatable bonds is 2. The maximum atomic E-state index is 13.2. The molecule has 0 aliphatic carbocycles. The van der Waals surface area contributed by atoms with Gasteiger partial charge in [-0.15, -0.1) is 0 Å². The highest BCUT2D eigenvalue weighted by Gasteiger charge is 2.38. The van der Waals surface area contributed by atoms with Crippen LogP contribution in [0, 0.1) is 12.7 Å². The number of carbonyl (C=O) groups excluding carboxylic acids is 1. The third-order valence-electron chi connectivity index (χ3n) is 4.97. The monoisotopic (exact) mass is 321 g/mol. The normalized spacial score (nSPS) is 26.7. The summed E-state index contributed by atoms with van der Waals surface area (Å²) >= 11 is 0. The molecule has 126 valence electrons. The topological polar surface area (TPSA) is 47.0 Å². The van der Waals surface area contributed by atoms with Crippen molar-refractivity contribution in [2.24, 2.45) is 0 Å². The molecule has 6 heteroatoms. The molecule has 0 saturated carbocycles. The Morgan fingerprint density at radius 2 is 1.91 bits per heavy atom. The third kappa shape index (κ3) is 3.39. The Morgan fingerprint density at radius 3 is 2.57 bits per heavy atom.